The van der Waals surface area contributed by atoms with Gasteiger partial charge < -0.3 is 4.42 Å². The van der Waals surface area contributed by atoms with Gasteiger partial charge in [-0.05, 0) is 45.0 Å². The van der Waals surface area contributed by atoms with E-state index in [0.717, 1.165) is 16.7 Å². The molecule has 0 spiro atoms. The molecule has 0 bridgehead atoms. The topological polar surface area (TPSA) is 13.1 Å². The summed E-state index contributed by atoms with van der Waals surface area (Å²) in [6.07, 6.45) is 0. The van der Waals surface area contributed by atoms with Crippen molar-refractivity contribution in [1.29, 1.82) is 0 Å². The average Bonchev–Trinajstić information content (AvgIpc) is 3.72. The first kappa shape index (κ1) is 24.2. The van der Waals surface area contributed by atoms with Crippen molar-refractivity contribution in [2.45, 2.75) is 10.8 Å². The summed E-state index contributed by atoms with van der Waals surface area (Å²) in [6.45, 7) is 0. The molecule has 7 aromatic rings. The summed E-state index contributed by atoms with van der Waals surface area (Å²) in [6, 6.07) is 61.7. The van der Waals surface area contributed by atoms with Crippen LogP contribution in [-0.4, -0.2) is 0 Å². The van der Waals surface area contributed by atoms with Crippen molar-refractivity contribution in [2.75, 3.05) is 0 Å². The Bertz CT molecular complexity index is 2070. The van der Waals surface area contributed by atoms with Crippen LogP contribution in [0.5, 0.6) is 0 Å². The van der Waals surface area contributed by atoms with Crippen LogP contribution in [0, 0.1) is 0 Å². The summed E-state index contributed by atoms with van der Waals surface area (Å²) >= 11 is 0. The van der Waals surface area contributed by atoms with Gasteiger partial charge in [0, 0.05) is 16.5 Å². The van der Waals surface area contributed by atoms with Gasteiger partial charge in [0.05, 0.1) is 10.8 Å². The van der Waals surface area contributed by atoms with Gasteiger partial charge in [0.25, 0.3) is 0 Å². The van der Waals surface area contributed by atoms with E-state index in [1.165, 1.54) is 50.1 Å². The van der Waals surface area contributed by atoms with E-state index >= 15 is 0 Å². The highest BCUT2D eigenvalue weighted by Crippen LogP contribution is 2.70. The van der Waals surface area contributed by atoms with Gasteiger partial charge in [-0.25, -0.2) is 0 Å². The Morgan fingerprint density at radius 2 is 0.814 bits per heavy atom. The van der Waals surface area contributed by atoms with Crippen molar-refractivity contribution in [3.05, 3.63) is 215 Å². The zero-order valence-corrected chi connectivity index (χ0v) is 23.6. The average molecular weight is 549 g/mol. The van der Waals surface area contributed by atoms with Crippen LogP contribution in [0.4, 0.5) is 0 Å². The molecule has 0 saturated carbocycles. The van der Waals surface area contributed by atoms with Gasteiger partial charge >= 0.3 is 0 Å². The lowest BCUT2D eigenvalue weighted by molar-refractivity contribution is 0.582. The van der Waals surface area contributed by atoms with Crippen LogP contribution < -0.4 is 0 Å². The highest BCUT2D eigenvalue weighted by molar-refractivity contribution is 6.17. The van der Waals surface area contributed by atoms with E-state index in [0.29, 0.717) is 0 Å². The second-order valence-corrected chi connectivity index (χ2v) is 11.6. The molecule has 1 heteroatoms. The van der Waals surface area contributed by atoms with Crippen LogP contribution in [0.3, 0.4) is 0 Å². The summed E-state index contributed by atoms with van der Waals surface area (Å²) < 4.78 is 7.09. The second-order valence-electron chi connectivity index (χ2n) is 11.6. The van der Waals surface area contributed by atoms with Gasteiger partial charge in [0.1, 0.15) is 11.3 Å². The molecule has 0 N–H and O–H groups in total. The Labute approximate surface area is 251 Å². The standard InChI is InChI=1S/C42H28O/c1-5-17-29(18-6-1)41(30-19-7-2-8-20-30)35-27-15-13-25-33(35)37-39(41)40-38(34-26-14-16-28-36(34)43-40)42(37,31-21-9-3-10-22-31)32-23-11-4-12-24-32/h1-28H. The van der Waals surface area contributed by atoms with Crippen molar-refractivity contribution in [3.8, 4) is 0 Å². The van der Waals surface area contributed by atoms with Crippen LogP contribution in [-0.2, 0) is 10.8 Å². The lowest BCUT2D eigenvalue weighted by Gasteiger charge is -2.36. The SMILES string of the molecule is c1ccc(C2(c3ccccc3)C3=C(c4ccccc42)C(c2ccccc2)(c2ccccc2)c2c3oc3ccccc23)cc1. The van der Waals surface area contributed by atoms with Crippen molar-refractivity contribution in [2.24, 2.45) is 0 Å². The number of hydrogen-bond donors (Lipinski definition) is 0. The number of allylic oxidation sites excluding steroid dienone is 2. The lowest BCUT2D eigenvalue weighted by atomic mass is 9.65. The summed E-state index contributed by atoms with van der Waals surface area (Å²) in [5, 5.41) is 1.16. The molecular weight excluding hydrogens is 520 g/mol. The molecule has 0 aliphatic heterocycles. The number of para-hydroxylation sites is 1. The van der Waals surface area contributed by atoms with Crippen molar-refractivity contribution < 1.29 is 4.42 Å². The Balaban J connectivity index is 1.57. The highest BCUT2D eigenvalue weighted by Gasteiger charge is 2.61. The van der Waals surface area contributed by atoms with E-state index in [1.807, 2.05) is 0 Å². The third-order valence-corrected chi connectivity index (χ3v) is 9.63. The fraction of sp³-hybridized carbons (Fsp3) is 0.0476. The minimum atomic E-state index is -0.582. The summed E-state index contributed by atoms with van der Waals surface area (Å²) in [7, 11) is 0. The molecule has 0 amide bonds. The van der Waals surface area contributed by atoms with E-state index in [1.54, 1.807) is 0 Å². The lowest BCUT2D eigenvalue weighted by Crippen LogP contribution is -2.30. The number of hydrogen-bond acceptors (Lipinski definition) is 1. The first-order valence-corrected chi connectivity index (χ1v) is 15.0. The smallest absolute Gasteiger partial charge is 0.138 e. The van der Waals surface area contributed by atoms with Crippen LogP contribution in [0.2, 0.25) is 0 Å². The molecule has 0 fully saturated rings. The molecule has 0 atom stereocenters. The fourth-order valence-corrected chi connectivity index (χ4v) is 8.14. The number of rotatable bonds is 4. The van der Waals surface area contributed by atoms with Gasteiger partial charge in [-0.15, -0.1) is 0 Å². The maximum Gasteiger partial charge on any atom is 0.138 e. The maximum atomic E-state index is 7.09. The zero-order chi connectivity index (χ0) is 28.4. The van der Waals surface area contributed by atoms with Gasteiger partial charge in [-0.1, -0.05) is 164 Å². The molecule has 43 heavy (non-hydrogen) atoms. The van der Waals surface area contributed by atoms with Gasteiger partial charge in [0.2, 0.25) is 0 Å². The molecular formula is C42H28O. The van der Waals surface area contributed by atoms with Crippen LogP contribution in [0.1, 0.15) is 44.7 Å². The molecule has 0 saturated heterocycles. The highest BCUT2D eigenvalue weighted by atomic mass is 16.3. The minimum absolute atomic E-state index is 0.567. The third kappa shape index (κ3) is 3.01. The Hall–Kier alpha value is -5.40. The van der Waals surface area contributed by atoms with E-state index in [9.17, 15) is 0 Å². The van der Waals surface area contributed by atoms with Crippen LogP contribution in [0.25, 0.3) is 22.1 Å². The Kier molecular flexibility index (Phi) is 5.10. The van der Waals surface area contributed by atoms with E-state index in [4.69, 9.17) is 4.42 Å². The van der Waals surface area contributed by atoms with Crippen molar-refractivity contribution in [1.82, 2.24) is 0 Å². The monoisotopic (exact) mass is 548 g/mol. The molecule has 1 heterocycles. The Morgan fingerprint density at radius 3 is 1.37 bits per heavy atom. The van der Waals surface area contributed by atoms with Crippen LogP contribution in [0.15, 0.2) is 174 Å². The molecule has 0 radical (unpaired) electrons. The number of furan rings is 1. The summed E-state index contributed by atoms with van der Waals surface area (Å²) in [5.74, 6) is 0.979. The quantitative estimate of drug-likeness (QED) is 0.213. The van der Waals surface area contributed by atoms with Crippen LogP contribution >= 0.6 is 0 Å². The van der Waals surface area contributed by atoms with E-state index in [-0.39, 0.29) is 0 Å². The predicted molar refractivity (Wildman–Crippen MR) is 175 cm³/mol. The first-order chi connectivity index (χ1) is 21.4. The normalized spacial score (nSPS) is 15.7. The van der Waals surface area contributed by atoms with Gasteiger partial charge in [-0.2, -0.15) is 0 Å². The Morgan fingerprint density at radius 1 is 0.372 bits per heavy atom. The molecule has 9 rings (SSSR count). The molecule has 0 unspecified atom stereocenters. The zero-order valence-electron chi connectivity index (χ0n) is 23.6. The van der Waals surface area contributed by atoms with Gasteiger partial charge in [0.15, 0.2) is 0 Å². The molecule has 2 aliphatic carbocycles. The predicted octanol–water partition coefficient (Wildman–Crippen LogP) is 10.0. The van der Waals surface area contributed by atoms with E-state index in [2.05, 4.69) is 170 Å². The minimum Gasteiger partial charge on any atom is -0.456 e. The second kappa shape index (κ2) is 9.05. The van der Waals surface area contributed by atoms with Crippen molar-refractivity contribution >= 4 is 22.1 Å². The third-order valence-electron chi connectivity index (χ3n) is 9.63. The summed E-state index contributed by atoms with van der Waals surface area (Å²) in [4.78, 5) is 0. The molecule has 2 aliphatic rings. The first-order valence-electron chi connectivity index (χ1n) is 15.0. The fourth-order valence-electron chi connectivity index (χ4n) is 8.14. The van der Waals surface area contributed by atoms with Crippen molar-refractivity contribution in [3.63, 3.8) is 0 Å². The molecule has 1 nitrogen and oxygen atoms in total. The number of fused-ring (bicyclic) bond motifs is 6. The maximum absolute atomic E-state index is 7.09. The van der Waals surface area contributed by atoms with E-state index < -0.39 is 10.8 Å². The molecule has 202 valence electrons. The molecule has 6 aromatic carbocycles. The molecule has 1 aromatic heterocycles. The number of benzene rings is 6. The van der Waals surface area contributed by atoms with Gasteiger partial charge in [-0.3, -0.25) is 0 Å². The summed E-state index contributed by atoms with van der Waals surface area (Å²) in [5.41, 5.74) is 11.1. The largest absolute Gasteiger partial charge is 0.456 e.